The molecule has 0 aromatic heterocycles. The molecule has 1 atom stereocenters. The average Bonchev–Trinajstić information content (AvgIpc) is 2.40. The zero-order valence-electron chi connectivity index (χ0n) is 10.2. The van der Waals surface area contributed by atoms with Crippen LogP contribution in [0.4, 0.5) is 10.1 Å². The van der Waals surface area contributed by atoms with Gasteiger partial charge in [-0.15, -0.1) is 0 Å². The van der Waals surface area contributed by atoms with E-state index >= 15 is 0 Å². The first kappa shape index (κ1) is 13.0. The number of nitrogens with zero attached hydrogens (tertiary/aromatic N) is 1. The van der Waals surface area contributed by atoms with Crippen molar-refractivity contribution >= 4 is 18.4 Å². The number of aliphatic carboxylic acids is 1. The number of hydrogen-bond acceptors (Lipinski definition) is 1. The number of hydrogen-bond donors (Lipinski definition) is 1. The molecule has 0 saturated carbocycles. The Hall–Kier alpha value is -2.49. The van der Waals surface area contributed by atoms with Crippen LogP contribution in [0.5, 0.6) is 0 Å². The Labute approximate surface area is 110 Å². The molecule has 0 saturated heterocycles. The molecule has 4 heteroatoms. The quantitative estimate of drug-likeness (QED) is 0.676. The van der Waals surface area contributed by atoms with Gasteiger partial charge >= 0.3 is 5.97 Å². The molecule has 2 rings (SSSR count). The summed E-state index contributed by atoms with van der Waals surface area (Å²) >= 11 is 0. The highest BCUT2D eigenvalue weighted by atomic mass is 19.1. The number of rotatable bonds is 4. The molecule has 2 aromatic carbocycles. The van der Waals surface area contributed by atoms with E-state index in [1.165, 1.54) is 28.8 Å². The van der Waals surface area contributed by atoms with Crippen molar-refractivity contribution in [3.05, 3.63) is 66.0 Å². The lowest BCUT2D eigenvalue weighted by atomic mass is 10.1. The molecule has 3 nitrogen and oxygen atoms in total. The lowest BCUT2D eigenvalue weighted by Crippen LogP contribution is -2.22. The second-order valence-corrected chi connectivity index (χ2v) is 4.10. The van der Waals surface area contributed by atoms with Crippen LogP contribution in [0.25, 0.3) is 0 Å². The van der Waals surface area contributed by atoms with E-state index in [0.29, 0.717) is 11.3 Å². The van der Waals surface area contributed by atoms with E-state index in [9.17, 15) is 14.3 Å². The first-order chi connectivity index (χ1) is 9.09. The van der Waals surface area contributed by atoms with Gasteiger partial charge in [-0.25, -0.2) is 9.18 Å². The van der Waals surface area contributed by atoms with Gasteiger partial charge in [-0.2, -0.15) is 4.58 Å². The molecule has 0 amide bonds. The molecule has 0 spiro atoms. The monoisotopic (exact) mass is 258 g/mol. The van der Waals surface area contributed by atoms with Crippen LogP contribution < -0.4 is 0 Å². The normalized spacial score (nSPS) is 11.8. The Morgan fingerprint density at radius 2 is 1.68 bits per heavy atom. The number of benzene rings is 2. The lowest BCUT2D eigenvalue weighted by molar-refractivity contribution is -0.470. The third kappa shape index (κ3) is 2.85. The largest absolute Gasteiger partial charge is 0.476 e. The van der Waals surface area contributed by atoms with Gasteiger partial charge < -0.3 is 5.11 Å². The number of carboxylic acid groups (broad SMARTS) is 1. The fourth-order valence-corrected chi connectivity index (χ4v) is 1.87. The molecular weight excluding hydrogens is 245 g/mol. The van der Waals surface area contributed by atoms with Crippen LogP contribution in [0.15, 0.2) is 54.6 Å². The maximum atomic E-state index is 12.9. The van der Waals surface area contributed by atoms with E-state index < -0.39 is 12.0 Å². The van der Waals surface area contributed by atoms with E-state index in [0.717, 1.165) is 0 Å². The molecule has 0 aliphatic rings. The van der Waals surface area contributed by atoms with Crippen LogP contribution in [-0.4, -0.2) is 22.4 Å². The zero-order valence-corrected chi connectivity index (χ0v) is 10.2. The van der Waals surface area contributed by atoms with Gasteiger partial charge in [-0.1, -0.05) is 30.3 Å². The van der Waals surface area contributed by atoms with Crippen LogP contribution in [0, 0.1) is 5.82 Å². The highest BCUT2D eigenvalue weighted by Gasteiger charge is 2.31. The third-order valence-electron chi connectivity index (χ3n) is 2.82. The minimum absolute atomic E-state index is 0.372. The van der Waals surface area contributed by atoms with E-state index in [1.807, 2.05) is 6.07 Å². The Kier molecular flexibility index (Phi) is 3.71. The summed E-state index contributed by atoms with van der Waals surface area (Å²) in [6, 6.07) is 13.4. The van der Waals surface area contributed by atoms with E-state index in [4.69, 9.17) is 0 Å². The van der Waals surface area contributed by atoms with Crippen molar-refractivity contribution in [3.63, 3.8) is 0 Å². The van der Waals surface area contributed by atoms with Crippen LogP contribution in [0.2, 0.25) is 0 Å². The van der Waals surface area contributed by atoms with Crippen LogP contribution in [0.3, 0.4) is 0 Å². The Morgan fingerprint density at radius 3 is 2.21 bits per heavy atom. The summed E-state index contributed by atoms with van der Waals surface area (Å²) in [7, 11) is 0. The summed E-state index contributed by atoms with van der Waals surface area (Å²) in [6.45, 7) is 3.77. The molecule has 1 unspecified atom stereocenters. The van der Waals surface area contributed by atoms with E-state index in [2.05, 4.69) is 6.72 Å². The standard InChI is InChI=1S/C15H12FNO2/c1-17(13-9-7-12(16)8-10-13)14(15(18)19)11-5-3-2-4-6-11/h2-10,14H,1H2/p+1. The van der Waals surface area contributed by atoms with Gasteiger partial charge in [0.1, 0.15) is 12.5 Å². The van der Waals surface area contributed by atoms with Gasteiger partial charge in [0.25, 0.3) is 6.04 Å². The fraction of sp³-hybridized carbons (Fsp3) is 0.0667. The topological polar surface area (TPSA) is 40.3 Å². The molecule has 2 aromatic rings. The predicted octanol–water partition coefficient (Wildman–Crippen LogP) is 3.00. The number of halogens is 1. The third-order valence-corrected chi connectivity index (χ3v) is 2.82. The summed E-state index contributed by atoms with van der Waals surface area (Å²) < 4.78 is 14.2. The maximum Gasteiger partial charge on any atom is 0.378 e. The van der Waals surface area contributed by atoms with Crippen molar-refractivity contribution in [2.75, 3.05) is 0 Å². The highest BCUT2D eigenvalue weighted by Crippen LogP contribution is 2.24. The van der Waals surface area contributed by atoms with Gasteiger partial charge in [-0.3, -0.25) is 0 Å². The Bertz CT molecular complexity index is 593. The van der Waals surface area contributed by atoms with Gasteiger partial charge in [-0.05, 0) is 12.1 Å². The van der Waals surface area contributed by atoms with Crippen molar-refractivity contribution in [1.29, 1.82) is 0 Å². The fourth-order valence-electron chi connectivity index (χ4n) is 1.87. The van der Waals surface area contributed by atoms with Crippen molar-refractivity contribution in [2.45, 2.75) is 6.04 Å². The van der Waals surface area contributed by atoms with Crippen molar-refractivity contribution in [3.8, 4) is 0 Å². The molecule has 0 radical (unpaired) electrons. The van der Waals surface area contributed by atoms with Gasteiger partial charge in [0.2, 0.25) is 5.69 Å². The maximum absolute atomic E-state index is 12.9. The van der Waals surface area contributed by atoms with Crippen molar-refractivity contribution in [1.82, 2.24) is 0 Å². The minimum Gasteiger partial charge on any atom is -0.476 e. The molecule has 96 valence electrons. The van der Waals surface area contributed by atoms with Gasteiger partial charge in [0, 0.05) is 17.7 Å². The molecule has 0 heterocycles. The Balaban J connectivity index is 2.38. The Morgan fingerprint density at radius 1 is 1.11 bits per heavy atom. The molecule has 1 N–H and O–H groups in total. The zero-order chi connectivity index (χ0) is 13.8. The molecule has 0 aliphatic heterocycles. The highest BCUT2D eigenvalue weighted by molar-refractivity contribution is 5.74. The number of carbonyl (C=O) groups is 1. The molecule has 19 heavy (non-hydrogen) atoms. The summed E-state index contributed by atoms with van der Waals surface area (Å²) in [6.07, 6.45) is 0. The predicted molar refractivity (Wildman–Crippen MR) is 70.3 cm³/mol. The molecule has 0 aliphatic carbocycles. The van der Waals surface area contributed by atoms with E-state index in [1.54, 1.807) is 24.3 Å². The number of carboxylic acids is 1. The van der Waals surface area contributed by atoms with E-state index in [-0.39, 0.29) is 5.82 Å². The SMILES string of the molecule is C=[N+](c1ccc(F)cc1)C(C(=O)O)c1ccccc1. The minimum atomic E-state index is -1.01. The van der Waals surface area contributed by atoms with Crippen LogP contribution >= 0.6 is 0 Å². The molecule has 0 bridgehead atoms. The first-order valence-electron chi connectivity index (χ1n) is 5.72. The molecule has 0 fully saturated rings. The summed E-state index contributed by atoms with van der Waals surface area (Å²) in [5.74, 6) is -1.38. The average molecular weight is 258 g/mol. The van der Waals surface area contributed by atoms with Crippen molar-refractivity contribution < 1.29 is 18.9 Å². The second kappa shape index (κ2) is 5.44. The lowest BCUT2D eigenvalue weighted by Gasteiger charge is -2.10. The summed E-state index contributed by atoms with van der Waals surface area (Å²) in [4.78, 5) is 11.4. The summed E-state index contributed by atoms with van der Waals surface area (Å²) in [5.41, 5.74) is 1.16. The smallest absolute Gasteiger partial charge is 0.378 e. The van der Waals surface area contributed by atoms with Gasteiger partial charge in [0.05, 0.1) is 0 Å². The summed E-state index contributed by atoms with van der Waals surface area (Å²) in [5, 5.41) is 9.36. The van der Waals surface area contributed by atoms with Crippen molar-refractivity contribution in [2.24, 2.45) is 0 Å². The van der Waals surface area contributed by atoms with Crippen LogP contribution in [0.1, 0.15) is 11.6 Å². The second-order valence-electron chi connectivity index (χ2n) is 4.10. The van der Waals surface area contributed by atoms with Gasteiger partial charge in [0.15, 0.2) is 0 Å². The van der Waals surface area contributed by atoms with Crippen LogP contribution in [-0.2, 0) is 4.79 Å². The molecular formula is C15H13FNO2+. The first-order valence-corrected chi connectivity index (χ1v) is 5.72.